The fourth-order valence-corrected chi connectivity index (χ4v) is 3.51. The van der Waals surface area contributed by atoms with Gasteiger partial charge in [-0.2, -0.15) is 0 Å². The van der Waals surface area contributed by atoms with Crippen molar-refractivity contribution in [1.29, 1.82) is 0 Å². The van der Waals surface area contributed by atoms with Crippen LogP contribution < -0.4 is 4.74 Å². The summed E-state index contributed by atoms with van der Waals surface area (Å²) in [7, 11) is 0. The van der Waals surface area contributed by atoms with Crippen molar-refractivity contribution < 1.29 is 19.4 Å². The van der Waals surface area contributed by atoms with Crippen LogP contribution in [-0.4, -0.2) is 28.5 Å². The van der Waals surface area contributed by atoms with E-state index in [0.29, 0.717) is 6.54 Å². The number of ether oxygens (including phenoxy) is 1. The standard InChI is InChI=1S/C25H24ClNO4/c1-17-11-13-19(14-12-17)15-27(18(2)20-7-4-3-5-8-20)23(28)16-31-24-21(25(29)30)9-6-10-22(24)26/h3-14,18H,15-16H2,1-2H3,(H,29,30)/t18-/m0/s1. The van der Waals surface area contributed by atoms with Crippen LogP contribution in [0.25, 0.3) is 0 Å². The minimum atomic E-state index is -1.17. The smallest absolute Gasteiger partial charge is 0.339 e. The summed E-state index contributed by atoms with van der Waals surface area (Å²) < 4.78 is 5.61. The molecule has 1 atom stereocenters. The van der Waals surface area contributed by atoms with Crippen LogP contribution in [0.1, 0.15) is 40.0 Å². The van der Waals surface area contributed by atoms with Crippen LogP contribution in [0.2, 0.25) is 5.02 Å². The molecule has 0 aromatic heterocycles. The SMILES string of the molecule is Cc1ccc(CN(C(=O)COc2c(Cl)cccc2C(=O)O)[C@@H](C)c2ccccc2)cc1. The lowest BCUT2D eigenvalue weighted by atomic mass is 10.1. The number of amides is 1. The van der Waals surface area contributed by atoms with Gasteiger partial charge in [-0.25, -0.2) is 4.79 Å². The number of carbonyl (C=O) groups excluding carboxylic acids is 1. The number of para-hydroxylation sites is 1. The Morgan fingerprint density at radius 3 is 2.32 bits per heavy atom. The van der Waals surface area contributed by atoms with E-state index in [0.717, 1.165) is 16.7 Å². The molecule has 3 aromatic carbocycles. The quantitative estimate of drug-likeness (QED) is 0.504. The summed E-state index contributed by atoms with van der Waals surface area (Å²) in [6.45, 7) is 4.04. The van der Waals surface area contributed by atoms with Gasteiger partial charge in [0.2, 0.25) is 0 Å². The summed E-state index contributed by atoms with van der Waals surface area (Å²) in [5.41, 5.74) is 3.04. The normalized spacial score (nSPS) is 11.6. The molecule has 3 rings (SSSR count). The number of nitrogens with zero attached hydrogens (tertiary/aromatic N) is 1. The molecule has 0 aliphatic carbocycles. The molecule has 3 aromatic rings. The Morgan fingerprint density at radius 2 is 1.68 bits per heavy atom. The molecule has 0 heterocycles. The first-order chi connectivity index (χ1) is 14.9. The first-order valence-electron chi connectivity index (χ1n) is 9.91. The van der Waals surface area contributed by atoms with Gasteiger partial charge in [0.25, 0.3) is 5.91 Å². The van der Waals surface area contributed by atoms with Crippen LogP contribution in [-0.2, 0) is 11.3 Å². The molecule has 0 fully saturated rings. The predicted octanol–water partition coefficient (Wildman–Crippen LogP) is 5.52. The number of aryl methyl sites for hydroxylation is 1. The van der Waals surface area contributed by atoms with E-state index in [-0.39, 0.29) is 34.9 Å². The second-order valence-electron chi connectivity index (χ2n) is 7.30. The van der Waals surface area contributed by atoms with Gasteiger partial charge < -0.3 is 14.7 Å². The highest BCUT2D eigenvalue weighted by atomic mass is 35.5. The molecule has 0 spiro atoms. The Labute approximate surface area is 186 Å². The largest absolute Gasteiger partial charge is 0.481 e. The van der Waals surface area contributed by atoms with Gasteiger partial charge in [-0.15, -0.1) is 0 Å². The maximum atomic E-state index is 13.2. The summed E-state index contributed by atoms with van der Waals surface area (Å²) in [4.78, 5) is 26.4. The van der Waals surface area contributed by atoms with Crippen LogP contribution in [0.5, 0.6) is 5.75 Å². The number of halogens is 1. The van der Waals surface area contributed by atoms with E-state index < -0.39 is 5.97 Å². The van der Waals surface area contributed by atoms with Gasteiger partial charge in [-0.3, -0.25) is 4.79 Å². The molecule has 31 heavy (non-hydrogen) atoms. The van der Waals surface area contributed by atoms with Crippen molar-refractivity contribution in [1.82, 2.24) is 4.90 Å². The van der Waals surface area contributed by atoms with Gasteiger partial charge in [0, 0.05) is 6.54 Å². The molecule has 0 aliphatic heterocycles. The van der Waals surface area contributed by atoms with E-state index in [2.05, 4.69) is 0 Å². The summed E-state index contributed by atoms with van der Waals surface area (Å²) in [5, 5.41) is 9.53. The van der Waals surface area contributed by atoms with E-state index >= 15 is 0 Å². The summed E-state index contributed by atoms with van der Waals surface area (Å²) >= 11 is 6.13. The van der Waals surface area contributed by atoms with Gasteiger partial charge in [0.05, 0.1) is 11.1 Å². The lowest BCUT2D eigenvalue weighted by Gasteiger charge is -2.30. The van der Waals surface area contributed by atoms with Crippen LogP contribution in [0, 0.1) is 6.92 Å². The number of carboxylic acid groups (broad SMARTS) is 1. The molecule has 0 saturated heterocycles. The molecule has 0 bridgehead atoms. The van der Waals surface area contributed by atoms with Crippen molar-refractivity contribution in [3.63, 3.8) is 0 Å². The molecule has 1 amide bonds. The average molecular weight is 438 g/mol. The second kappa shape index (κ2) is 10.1. The number of carboxylic acids is 1. The Kier molecular flexibility index (Phi) is 7.32. The summed E-state index contributed by atoms with van der Waals surface area (Å²) in [6, 6.07) is 22.0. The van der Waals surface area contributed by atoms with E-state index in [4.69, 9.17) is 16.3 Å². The Morgan fingerprint density at radius 1 is 1.00 bits per heavy atom. The van der Waals surface area contributed by atoms with Crippen LogP contribution >= 0.6 is 11.6 Å². The summed E-state index contributed by atoms with van der Waals surface area (Å²) in [6.07, 6.45) is 0. The summed E-state index contributed by atoms with van der Waals surface area (Å²) in [5.74, 6) is -1.44. The van der Waals surface area contributed by atoms with E-state index in [1.165, 1.54) is 18.2 Å². The minimum absolute atomic E-state index is 0.00679. The van der Waals surface area contributed by atoms with Crippen LogP contribution in [0.4, 0.5) is 0 Å². The van der Waals surface area contributed by atoms with Gasteiger partial charge in [-0.05, 0) is 37.1 Å². The lowest BCUT2D eigenvalue weighted by Crippen LogP contribution is -2.36. The fourth-order valence-electron chi connectivity index (χ4n) is 3.28. The number of aromatic carboxylic acids is 1. The first-order valence-corrected chi connectivity index (χ1v) is 10.3. The third-order valence-electron chi connectivity index (χ3n) is 5.08. The van der Waals surface area contributed by atoms with Crippen molar-refractivity contribution in [3.8, 4) is 5.75 Å². The first kappa shape index (κ1) is 22.4. The Bertz CT molecular complexity index is 1050. The van der Waals surface area contributed by atoms with Crippen molar-refractivity contribution in [3.05, 3.63) is 100 Å². The Hall–Kier alpha value is -3.31. The van der Waals surface area contributed by atoms with Gasteiger partial charge in [-0.1, -0.05) is 77.8 Å². The lowest BCUT2D eigenvalue weighted by molar-refractivity contribution is -0.136. The number of hydrogen-bond acceptors (Lipinski definition) is 3. The molecule has 6 heteroatoms. The average Bonchev–Trinajstić information content (AvgIpc) is 2.77. The highest BCUT2D eigenvalue weighted by Crippen LogP contribution is 2.29. The molecule has 0 saturated carbocycles. The number of rotatable bonds is 8. The predicted molar refractivity (Wildman–Crippen MR) is 120 cm³/mol. The minimum Gasteiger partial charge on any atom is -0.481 e. The second-order valence-corrected chi connectivity index (χ2v) is 7.71. The molecule has 160 valence electrons. The van der Waals surface area contributed by atoms with Crippen molar-refractivity contribution in [2.24, 2.45) is 0 Å². The van der Waals surface area contributed by atoms with Gasteiger partial charge in [0.1, 0.15) is 5.56 Å². The number of benzene rings is 3. The van der Waals surface area contributed by atoms with E-state index in [1.54, 1.807) is 4.90 Å². The molecular formula is C25H24ClNO4. The monoisotopic (exact) mass is 437 g/mol. The van der Waals surface area contributed by atoms with Crippen molar-refractivity contribution in [2.75, 3.05) is 6.61 Å². The molecule has 0 unspecified atom stereocenters. The molecule has 1 N–H and O–H groups in total. The molecular weight excluding hydrogens is 414 g/mol. The number of hydrogen-bond donors (Lipinski definition) is 1. The topological polar surface area (TPSA) is 66.8 Å². The Balaban J connectivity index is 1.84. The van der Waals surface area contributed by atoms with E-state index in [1.807, 2.05) is 68.4 Å². The van der Waals surface area contributed by atoms with Gasteiger partial charge in [0.15, 0.2) is 12.4 Å². The third-order valence-corrected chi connectivity index (χ3v) is 5.38. The zero-order valence-corrected chi connectivity index (χ0v) is 18.2. The van der Waals surface area contributed by atoms with Crippen LogP contribution in [0.3, 0.4) is 0 Å². The van der Waals surface area contributed by atoms with Gasteiger partial charge >= 0.3 is 5.97 Å². The number of carbonyl (C=O) groups is 2. The molecule has 0 radical (unpaired) electrons. The fraction of sp³-hybridized carbons (Fsp3) is 0.200. The molecule has 0 aliphatic rings. The van der Waals surface area contributed by atoms with Crippen LogP contribution in [0.15, 0.2) is 72.8 Å². The molecule has 5 nitrogen and oxygen atoms in total. The van der Waals surface area contributed by atoms with Crippen molar-refractivity contribution in [2.45, 2.75) is 26.4 Å². The zero-order chi connectivity index (χ0) is 22.4. The highest BCUT2D eigenvalue weighted by molar-refractivity contribution is 6.32. The zero-order valence-electron chi connectivity index (χ0n) is 17.4. The van der Waals surface area contributed by atoms with Crippen molar-refractivity contribution >= 4 is 23.5 Å². The van der Waals surface area contributed by atoms with E-state index in [9.17, 15) is 14.7 Å². The highest BCUT2D eigenvalue weighted by Gasteiger charge is 2.24. The maximum absolute atomic E-state index is 13.2. The third kappa shape index (κ3) is 5.64. The maximum Gasteiger partial charge on any atom is 0.339 e.